The molecule has 0 spiro atoms. The zero-order valence-corrected chi connectivity index (χ0v) is 15.9. The van der Waals surface area contributed by atoms with Crippen molar-refractivity contribution in [2.45, 2.75) is 25.9 Å². The van der Waals surface area contributed by atoms with Crippen LogP contribution in [-0.4, -0.2) is 26.6 Å². The third kappa shape index (κ3) is 4.96. The smallest absolute Gasteiger partial charge is 0.244 e. The molecule has 0 heterocycles. The Kier molecular flexibility index (Phi) is 6.08. The third-order valence-corrected chi connectivity index (χ3v) is 5.29. The fourth-order valence-corrected chi connectivity index (χ4v) is 3.93. The summed E-state index contributed by atoms with van der Waals surface area (Å²) in [5, 5.41) is 3.25. The van der Waals surface area contributed by atoms with E-state index in [1.807, 2.05) is 37.3 Å². The van der Waals surface area contributed by atoms with Crippen LogP contribution < -0.4 is 9.62 Å². The topological polar surface area (TPSA) is 66.5 Å². The lowest BCUT2D eigenvalue weighted by Gasteiger charge is -2.29. The molecule has 25 heavy (non-hydrogen) atoms. The second-order valence-electron chi connectivity index (χ2n) is 5.86. The van der Waals surface area contributed by atoms with Gasteiger partial charge in [0.05, 0.1) is 18.0 Å². The lowest BCUT2D eigenvalue weighted by atomic mass is 10.1. The van der Waals surface area contributed by atoms with Gasteiger partial charge in [-0.2, -0.15) is 0 Å². The highest BCUT2D eigenvalue weighted by atomic mass is 35.5. The van der Waals surface area contributed by atoms with Crippen molar-refractivity contribution in [1.29, 1.82) is 0 Å². The molecular formula is C18H21ClN2O3S. The van der Waals surface area contributed by atoms with E-state index in [1.54, 1.807) is 25.1 Å². The number of carbonyl (C=O) groups is 1. The van der Waals surface area contributed by atoms with Gasteiger partial charge in [0.1, 0.15) is 6.04 Å². The summed E-state index contributed by atoms with van der Waals surface area (Å²) in [7, 11) is -3.67. The number of nitrogens with zero attached hydrogens (tertiary/aromatic N) is 1. The van der Waals surface area contributed by atoms with Crippen LogP contribution in [0.1, 0.15) is 25.5 Å². The number of sulfonamides is 1. The second-order valence-corrected chi connectivity index (χ2v) is 8.15. The molecule has 2 aromatic carbocycles. The molecule has 0 aliphatic rings. The van der Waals surface area contributed by atoms with E-state index in [4.69, 9.17) is 11.6 Å². The summed E-state index contributed by atoms with van der Waals surface area (Å²) in [6.45, 7) is 3.40. The molecule has 0 fully saturated rings. The molecule has 1 N–H and O–H groups in total. The molecular weight excluding hydrogens is 360 g/mol. The van der Waals surface area contributed by atoms with Gasteiger partial charge in [0.15, 0.2) is 0 Å². The molecule has 1 amide bonds. The van der Waals surface area contributed by atoms with Crippen molar-refractivity contribution in [3.8, 4) is 0 Å². The van der Waals surface area contributed by atoms with Crippen LogP contribution in [0.25, 0.3) is 0 Å². The van der Waals surface area contributed by atoms with Crippen molar-refractivity contribution in [2.75, 3.05) is 10.6 Å². The number of nitrogens with one attached hydrogen (secondary N) is 1. The summed E-state index contributed by atoms with van der Waals surface area (Å²) in [4.78, 5) is 12.6. The molecule has 2 atom stereocenters. The molecule has 0 saturated heterocycles. The van der Waals surface area contributed by atoms with E-state index >= 15 is 0 Å². The molecule has 5 nitrogen and oxygen atoms in total. The zero-order valence-electron chi connectivity index (χ0n) is 14.3. The summed E-state index contributed by atoms with van der Waals surface area (Å²) in [5.41, 5.74) is 1.29. The Bertz CT molecular complexity index is 840. The van der Waals surface area contributed by atoms with E-state index in [2.05, 4.69) is 5.32 Å². The summed E-state index contributed by atoms with van der Waals surface area (Å²) in [5.74, 6) is -0.387. The van der Waals surface area contributed by atoms with Crippen LogP contribution in [0.4, 0.5) is 5.69 Å². The van der Waals surface area contributed by atoms with Crippen molar-refractivity contribution in [1.82, 2.24) is 5.32 Å². The first kappa shape index (κ1) is 19.3. The first-order chi connectivity index (χ1) is 11.7. The Morgan fingerprint density at radius 2 is 1.72 bits per heavy atom. The molecule has 0 bridgehead atoms. The van der Waals surface area contributed by atoms with Crippen molar-refractivity contribution < 1.29 is 13.2 Å². The number of benzene rings is 2. The highest BCUT2D eigenvalue weighted by Gasteiger charge is 2.29. The lowest BCUT2D eigenvalue weighted by Crippen LogP contribution is -2.48. The molecule has 134 valence electrons. The first-order valence-electron chi connectivity index (χ1n) is 7.80. The predicted octanol–water partition coefficient (Wildman–Crippen LogP) is 3.37. The number of rotatable bonds is 6. The number of anilines is 1. The van der Waals surface area contributed by atoms with Gasteiger partial charge in [-0.15, -0.1) is 0 Å². The van der Waals surface area contributed by atoms with Crippen LogP contribution in [0.15, 0.2) is 54.6 Å². The average molecular weight is 381 g/mol. The second kappa shape index (κ2) is 7.89. The maximum Gasteiger partial charge on any atom is 0.244 e. The van der Waals surface area contributed by atoms with Crippen molar-refractivity contribution in [2.24, 2.45) is 0 Å². The summed E-state index contributed by atoms with van der Waals surface area (Å²) < 4.78 is 25.6. The van der Waals surface area contributed by atoms with Crippen LogP contribution in [0.5, 0.6) is 0 Å². The Morgan fingerprint density at radius 3 is 2.28 bits per heavy atom. The number of halogens is 1. The summed E-state index contributed by atoms with van der Waals surface area (Å²) >= 11 is 5.97. The van der Waals surface area contributed by atoms with Crippen LogP contribution >= 0.6 is 11.6 Å². The molecule has 0 aliphatic carbocycles. The van der Waals surface area contributed by atoms with E-state index in [9.17, 15) is 13.2 Å². The molecule has 0 saturated carbocycles. The fourth-order valence-electron chi connectivity index (χ4n) is 2.58. The van der Waals surface area contributed by atoms with Crippen molar-refractivity contribution >= 4 is 33.2 Å². The minimum Gasteiger partial charge on any atom is -0.348 e. The SMILES string of the molecule is C[C@@H](NC(=O)[C@H](C)N(c1cccc(Cl)c1)S(C)(=O)=O)c1ccccc1. The molecule has 0 unspecified atom stereocenters. The van der Waals surface area contributed by atoms with E-state index in [0.717, 1.165) is 16.1 Å². The number of amides is 1. The molecule has 2 rings (SSSR count). The Hall–Kier alpha value is -2.05. The maximum absolute atomic E-state index is 12.6. The molecule has 7 heteroatoms. The van der Waals surface area contributed by atoms with Gasteiger partial charge >= 0.3 is 0 Å². The third-order valence-electron chi connectivity index (χ3n) is 3.81. The minimum absolute atomic E-state index is 0.239. The molecule has 0 aliphatic heterocycles. The molecule has 0 radical (unpaired) electrons. The Labute approximate surface area is 153 Å². The zero-order chi connectivity index (χ0) is 18.6. The van der Waals surface area contributed by atoms with E-state index in [1.165, 1.54) is 6.07 Å². The fraction of sp³-hybridized carbons (Fsp3) is 0.278. The van der Waals surface area contributed by atoms with Gasteiger partial charge in [-0.1, -0.05) is 48.0 Å². The predicted molar refractivity (Wildman–Crippen MR) is 101 cm³/mol. The van der Waals surface area contributed by atoms with E-state index < -0.39 is 16.1 Å². The quantitative estimate of drug-likeness (QED) is 0.835. The minimum atomic E-state index is -3.67. The van der Waals surface area contributed by atoms with Gasteiger partial charge in [-0.25, -0.2) is 8.42 Å². The van der Waals surface area contributed by atoms with Gasteiger partial charge in [0.25, 0.3) is 0 Å². The monoisotopic (exact) mass is 380 g/mol. The molecule has 0 aromatic heterocycles. The largest absolute Gasteiger partial charge is 0.348 e. The highest BCUT2D eigenvalue weighted by Crippen LogP contribution is 2.24. The Morgan fingerprint density at radius 1 is 1.08 bits per heavy atom. The standard InChI is InChI=1S/C18H21ClN2O3S/c1-13(15-8-5-4-6-9-15)20-18(22)14(2)21(25(3,23)24)17-11-7-10-16(19)12-17/h4-14H,1-3H3,(H,20,22)/t13-,14+/m1/s1. The summed E-state index contributed by atoms with van der Waals surface area (Å²) in [6.07, 6.45) is 1.07. The van der Waals surface area contributed by atoms with E-state index in [-0.39, 0.29) is 11.9 Å². The summed E-state index contributed by atoms with van der Waals surface area (Å²) in [6, 6.07) is 14.7. The van der Waals surface area contributed by atoms with Crippen LogP contribution in [-0.2, 0) is 14.8 Å². The first-order valence-corrected chi connectivity index (χ1v) is 10.0. The van der Waals surface area contributed by atoms with Crippen molar-refractivity contribution in [3.05, 3.63) is 65.2 Å². The number of hydrogen-bond donors (Lipinski definition) is 1. The van der Waals surface area contributed by atoms with Crippen LogP contribution in [0.3, 0.4) is 0 Å². The maximum atomic E-state index is 12.6. The normalized spacial score (nSPS) is 13.8. The van der Waals surface area contributed by atoms with Crippen molar-refractivity contribution in [3.63, 3.8) is 0 Å². The van der Waals surface area contributed by atoms with Gasteiger partial charge in [0, 0.05) is 5.02 Å². The van der Waals surface area contributed by atoms with Crippen LogP contribution in [0, 0.1) is 0 Å². The number of hydrogen-bond acceptors (Lipinski definition) is 3. The van der Waals surface area contributed by atoms with Gasteiger partial charge in [-0.3, -0.25) is 9.10 Å². The highest BCUT2D eigenvalue weighted by molar-refractivity contribution is 7.92. The van der Waals surface area contributed by atoms with E-state index in [0.29, 0.717) is 10.7 Å². The van der Waals surface area contributed by atoms with Crippen LogP contribution in [0.2, 0.25) is 5.02 Å². The lowest BCUT2D eigenvalue weighted by molar-refractivity contribution is -0.122. The van der Waals surface area contributed by atoms with Gasteiger partial charge < -0.3 is 5.32 Å². The number of carbonyl (C=O) groups excluding carboxylic acids is 1. The van der Waals surface area contributed by atoms with Gasteiger partial charge in [0.2, 0.25) is 15.9 Å². The molecule has 2 aromatic rings. The van der Waals surface area contributed by atoms with Gasteiger partial charge in [-0.05, 0) is 37.6 Å². The average Bonchev–Trinajstić information content (AvgIpc) is 2.54. The Balaban J connectivity index is 2.24.